The molecule has 0 heterocycles. The average molecular weight is 240 g/mol. The van der Waals surface area contributed by atoms with Crippen LogP contribution in [0.2, 0.25) is 0 Å². The van der Waals surface area contributed by atoms with Gasteiger partial charge in [-0.2, -0.15) is 0 Å². The van der Waals surface area contributed by atoms with Crippen molar-refractivity contribution < 1.29 is 19.4 Å². The molecule has 0 spiro atoms. The lowest BCUT2D eigenvalue weighted by atomic mass is 10.2. The Morgan fingerprint density at radius 3 is 2.29 bits per heavy atom. The molecule has 0 unspecified atom stereocenters. The molecular formula is C11H16N2O4. The van der Waals surface area contributed by atoms with Crippen LogP contribution in [0.15, 0.2) is 24.3 Å². The lowest BCUT2D eigenvalue weighted by Crippen LogP contribution is -2.17. The molecule has 1 aromatic carbocycles. The smallest absolute Gasteiger partial charge is 0.248 e. The summed E-state index contributed by atoms with van der Waals surface area (Å²) in [6, 6.07) is 5.91. The molecule has 0 aromatic heterocycles. The number of hydrogen-bond donors (Lipinski definition) is 3. The van der Waals surface area contributed by atoms with Gasteiger partial charge in [0.15, 0.2) is 0 Å². The maximum absolute atomic E-state index is 10.5. The minimum absolute atomic E-state index is 0.0382. The van der Waals surface area contributed by atoms with E-state index in [1.165, 1.54) is 12.1 Å². The van der Waals surface area contributed by atoms with Crippen molar-refractivity contribution in [1.29, 1.82) is 0 Å². The number of ether oxygens (including phenoxy) is 1. The molecule has 0 saturated heterocycles. The molecule has 2 amide bonds. The molecular weight excluding hydrogens is 224 g/mol. The molecule has 0 atom stereocenters. The number of rotatable bonds is 4. The van der Waals surface area contributed by atoms with Gasteiger partial charge in [0.05, 0.1) is 0 Å². The first-order valence-corrected chi connectivity index (χ1v) is 4.92. The van der Waals surface area contributed by atoms with Gasteiger partial charge in [-0.1, -0.05) is 6.07 Å². The molecule has 0 bridgehead atoms. The van der Waals surface area contributed by atoms with Crippen LogP contribution in [0.5, 0.6) is 5.75 Å². The zero-order valence-electron chi connectivity index (χ0n) is 9.55. The normalized spacial score (nSPS) is 9.00. The van der Waals surface area contributed by atoms with Crippen molar-refractivity contribution in [3.63, 3.8) is 0 Å². The van der Waals surface area contributed by atoms with Crippen LogP contribution < -0.4 is 11.5 Å². The van der Waals surface area contributed by atoms with Crippen LogP contribution in [-0.4, -0.2) is 30.1 Å². The number of carbonyl (C=O) groups excluding carboxylic acids is 2. The Balaban J connectivity index is 0.000000325. The highest BCUT2D eigenvalue weighted by molar-refractivity contribution is 5.93. The molecule has 6 heteroatoms. The molecule has 5 N–H and O–H groups in total. The van der Waals surface area contributed by atoms with Crippen LogP contribution in [-0.2, 0) is 9.53 Å². The summed E-state index contributed by atoms with van der Waals surface area (Å²) in [7, 11) is 0. The summed E-state index contributed by atoms with van der Waals surface area (Å²) in [5.74, 6) is -0.894. The zero-order valence-corrected chi connectivity index (χ0v) is 9.55. The molecule has 94 valence electrons. The predicted octanol–water partition coefficient (Wildman–Crippen LogP) is -0.000700. The molecule has 0 aliphatic heterocycles. The van der Waals surface area contributed by atoms with Crippen molar-refractivity contribution in [3.05, 3.63) is 29.8 Å². The number of phenols is 1. The molecule has 1 rings (SSSR count). The van der Waals surface area contributed by atoms with E-state index in [1.807, 2.05) is 6.92 Å². The third kappa shape index (κ3) is 7.80. The first kappa shape index (κ1) is 14.9. The summed E-state index contributed by atoms with van der Waals surface area (Å²) in [4.78, 5) is 20.3. The minimum Gasteiger partial charge on any atom is -0.508 e. The summed E-state index contributed by atoms with van der Waals surface area (Å²) in [5, 5.41) is 8.85. The lowest BCUT2D eigenvalue weighted by Gasteiger charge is -1.93. The molecule has 0 fully saturated rings. The molecule has 0 saturated carbocycles. The summed E-state index contributed by atoms with van der Waals surface area (Å²) in [6.07, 6.45) is 0. The van der Waals surface area contributed by atoms with Crippen molar-refractivity contribution >= 4 is 11.8 Å². The van der Waals surface area contributed by atoms with E-state index in [4.69, 9.17) is 16.6 Å². The predicted molar refractivity (Wildman–Crippen MR) is 62.3 cm³/mol. The van der Waals surface area contributed by atoms with E-state index in [0.29, 0.717) is 12.2 Å². The molecule has 0 radical (unpaired) electrons. The summed E-state index contributed by atoms with van der Waals surface area (Å²) >= 11 is 0. The van der Waals surface area contributed by atoms with Crippen molar-refractivity contribution in [1.82, 2.24) is 0 Å². The number of phenolic OH excluding ortho intramolecular Hbond substituents is 1. The second-order valence-electron chi connectivity index (χ2n) is 3.02. The van der Waals surface area contributed by atoms with Gasteiger partial charge in [-0.25, -0.2) is 0 Å². The fourth-order valence-electron chi connectivity index (χ4n) is 0.862. The van der Waals surface area contributed by atoms with E-state index in [2.05, 4.69) is 4.74 Å². The van der Waals surface area contributed by atoms with Gasteiger partial charge < -0.3 is 21.3 Å². The number of nitrogens with two attached hydrogens (primary N) is 2. The van der Waals surface area contributed by atoms with Crippen LogP contribution >= 0.6 is 0 Å². The quantitative estimate of drug-likeness (QED) is 0.686. The third-order valence-electron chi connectivity index (χ3n) is 1.58. The van der Waals surface area contributed by atoms with Crippen molar-refractivity contribution in [2.24, 2.45) is 11.5 Å². The highest BCUT2D eigenvalue weighted by Gasteiger charge is 1.98. The number of amides is 2. The van der Waals surface area contributed by atoms with E-state index in [9.17, 15) is 9.59 Å². The van der Waals surface area contributed by atoms with Crippen LogP contribution in [0.25, 0.3) is 0 Å². The van der Waals surface area contributed by atoms with Gasteiger partial charge in [0.25, 0.3) is 0 Å². The Morgan fingerprint density at radius 2 is 2.00 bits per heavy atom. The van der Waals surface area contributed by atoms with Gasteiger partial charge in [-0.15, -0.1) is 0 Å². The van der Waals surface area contributed by atoms with Gasteiger partial charge in [-0.3, -0.25) is 9.59 Å². The maximum atomic E-state index is 10.5. The van der Waals surface area contributed by atoms with Gasteiger partial charge in [0.2, 0.25) is 11.8 Å². The maximum Gasteiger partial charge on any atom is 0.248 e. The van der Waals surface area contributed by atoms with E-state index >= 15 is 0 Å². The van der Waals surface area contributed by atoms with Gasteiger partial charge >= 0.3 is 0 Å². The number of hydrogen-bond acceptors (Lipinski definition) is 4. The lowest BCUT2D eigenvalue weighted by molar-refractivity contribution is -0.122. The molecule has 0 aliphatic carbocycles. The van der Waals surface area contributed by atoms with Crippen LogP contribution in [0.1, 0.15) is 17.3 Å². The van der Waals surface area contributed by atoms with E-state index in [-0.39, 0.29) is 12.4 Å². The van der Waals surface area contributed by atoms with Gasteiger partial charge in [0.1, 0.15) is 12.4 Å². The first-order chi connectivity index (χ1) is 7.97. The average Bonchev–Trinajstić information content (AvgIpc) is 2.27. The van der Waals surface area contributed by atoms with Crippen molar-refractivity contribution in [3.8, 4) is 5.75 Å². The molecule has 17 heavy (non-hydrogen) atoms. The van der Waals surface area contributed by atoms with Crippen LogP contribution in [0.3, 0.4) is 0 Å². The van der Waals surface area contributed by atoms with E-state index in [0.717, 1.165) is 0 Å². The number of carbonyl (C=O) groups is 2. The first-order valence-electron chi connectivity index (χ1n) is 4.92. The fraction of sp³-hybridized carbons (Fsp3) is 0.273. The fourth-order valence-corrected chi connectivity index (χ4v) is 0.862. The Bertz CT molecular complexity index is 379. The summed E-state index contributed by atoms with van der Waals surface area (Å²) in [5.41, 5.74) is 9.97. The van der Waals surface area contributed by atoms with Crippen LogP contribution in [0.4, 0.5) is 0 Å². The number of aromatic hydroxyl groups is 1. The van der Waals surface area contributed by atoms with Crippen LogP contribution in [0, 0.1) is 0 Å². The summed E-state index contributed by atoms with van der Waals surface area (Å²) in [6.45, 7) is 2.39. The topological polar surface area (TPSA) is 116 Å². The zero-order chi connectivity index (χ0) is 13.3. The van der Waals surface area contributed by atoms with Gasteiger partial charge in [0, 0.05) is 12.2 Å². The minimum atomic E-state index is -0.532. The standard InChI is InChI=1S/C7H7NO2.C4H9NO2/c8-7(10)5-2-1-3-6(9)4-5;1-2-7-3-4(5)6/h1-4,9H,(H2,8,10);2-3H2,1H3,(H2,5,6). The van der Waals surface area contributed by atoms with Crippen molar-refractivity contribution in [2.75, 3.05) is 13.2 Å². The SMILES string of the molecule is CCOCC(N)=O.NC(=O)c1cccc(O)c1. The Kier molecular flexibility index (Phi) is 7.12. The Hall–Kier alpha value is -2.08. The molecule has 6 nitrogen and oxygen atoms in total. The largest absolute Gasteiger partial charge is 0.508 e. The van der Waals surface area contributed by atoms with E-state index < -0.39 is 11.8 Å². The van der Waals surface area contributed by atoms with Gasteiger partial charge in [-0.05, 0) is 25.1 Å². The molecule has 0 aliphatic rings. The highest BCUT2D eigenvalue weighted by atomic mass is 16.5. The number of primary amides is 2. The second kappa shape index (κ2) is 8.12. The number of benzene rings is 1. The monoisotopic (exact) mass is 240 g/mol. The summed E-state index contributed by atoms with van der Waals surface area (Å²) < 4.78 is 4.62. The Labute approximate surface area is 99.2 Å². The highest BCUT2D eigenvalue weighted by Crippen LogP contribution is 2.09. The third-order valence-corrected chi connectivity index (χ3v) is 1.58. The molecule has 1 aromatic rings. The second-order valence-corrected chi connectivity index (χ2v) is 3.02. The van der Waals surface area contributed by atoms with E-state index in [1.54, 1.807) is 12.1 Å². The van der Waals surface area contributed by atoms with Crippen molar-refractivity contribution in [2.45, 2.75) is 6.92 Å². The Morgan fingerprint density at radius 1 is 1.35 bits per heavy atom.